The van der Waals surface area contributed by atoms with Crippen LogP contribution in [0.3, 0.4) is 0 Å². The van der Waals surface area contributed by atoms with Crippen molar-refractivity contribution in [2.24, 2.45) is 0 Å². The highest BCUT2D eigenvalue weighted by Gasteiger charge is 2.13. The van der Waals surface area contributed by atoms with E-state index < -0.39 is 0 Å². The van der Waals surface area contributed by atoms with E-state index in [1.165, 1.54) is 6.07 Å². The molecule has 0 aromatic heterocycles. The molecule has 0 amide bonds. The number of halogens is 1. The van der Waals surface area contributed by atoms with Crippen molar-refractivity contribution in [2.45, 2.75) is 13.5 Å². The zero-order valence-corrected chi connectivity index (χ0v) is 11.2. The molecular formula is C11H15BrN2O3. The first kappa shape index (κ1) is 14.1. The molecule has 17 heavy (non-hydrogen) atoms. The van der Waals surface area contributed by atoms with E-state index in [0.717, 1.165) is 0 Å². The summed E-state index contributed by atoms with van der Waals surface area (Å²) in [5, 5.41) is 13.9. The van der Waals surface area contributed by atoms with Gasteiger partial charge in [0.15, 0.2) is 0 Å². The predicted molar refractivity (Wildman–Crippen MR) is 69.0 cm³/mol. The maximum atomic E-state index is 10.8. The zero-order valence-electron chi connectivity index (χ0n) is 9.61. The zero-order chi connectivity index (χ0) is 12.7. The number of hydrogen-bond donors (Lipinski definition) is 1. The molecule has 0 saturated heterocycles. The molecule has 0 spiro atoms. The monoisotopic (exact) mass is 302 g/mol. The van der Waals surface area contributed by atoms with Crippen molar-refractivity contribution in [3.63, 3.8) is 0 Å². The highest BCUT2D eigenvalue weighted by atomic mass is 79.9. The molecule has 0 heterocycles. The Morgan fingerprint density at radius 3 is 2.94 bits per heavy atom. The molecule has 94 valence electrons. The molecule has 0 aliphatic rings. The average molecular weight is 303 g/mol. The van der Waals surface area contributed by atoms with Crippen LogP contribution in [0.4, 0.5) is 5.69 Å². The van der Waals surface area contributed by atoms with Gasteiger partial charge in [-0.3, -0.25) is 10.1 Å². The van der Waals surface area contributed by atoms with E-state index >= 15 is 0 Å². The number of ether oxygens (including phenoxy) is 1. The molecule has 0 saturated carbocycles. The third kappa shape index (κ3) is 4.80. The van der Waals surface area contributed by atoms with Crippen molar-refractivity contribution in [1.29, 1.82) is 0 Å². The second-order valence-electron chi connectivity index (χ2n) is 3.40. The van der Waals surface area contributed by atoms with Gasteiger partial charge in [0, 0.05) is 35.8 Å². The van der Waals surface area contributed by atoms with Gasteiger partial charge in [-0.2, -0.15) is 0 Å². The van der Waals surface area contributed by atoms with Crippen molar-refractivity contribution in [1.82, 2.24) is 5.32 Å². The van der Waals surface area contributed by atoms with Crippen molar-refractivity contribution in [3.05, 3.63) is 38.3 Å². The Balaban J connectivity index is 2.55. The molecular weight excluding hydrogens is 288 g/mol. The largest absolute Gasteiger partial charge is 0.380 e. The summed E-state index contributed by atoms with van der Waals surface area (Å²) in [6.45, 7) is 4.37. The van der Waals surface area contributed by atoms with Crippen LogP contribution in [-0.4, -0.2) is 24.7 Å². The van der Waals surface area contributed by atoms with Gasteiger partial charge >= 0.3 is 0 Å². The fourth-order valence-corrected chi connectivity index (χ4v) is 1.72. The summed E-state index contributed by atoms with van der Waals surface area (Å²) < 4.78 is 5.87. The molecule has 1 aromatic carbocycles. The lowest BCUT2D eigenvalue weighted by Gasteiger charge is -2.06. The number of rotatable bonds is 7. The Hall–Kier alpha value is -0.980. The Morgan fingerprint density at radius 2 is 2.29 bits per heavy atom. The summed E-state index contributed by atoms with van der Waals surface area (Å²) >= 11 is 3.22. The molecule has 1 N–H and O–H groups in total. The SMILES string of the molecule is CCOCCNCc1ccc(Br)cc1[N+](=O)[O-]. The minimum Gasteiger partial charge on any atom is -0.380 e. The summed E-state index contributed by atoms with van der Waals surface area (Å²) in [6.07, 6.45) is 0. The van der Waals surface area contributed by atoms with Crippen LogP contribution in [0.15, 0.2) is 22.7 Å². The highest BCUT2D eigenvalue weighted by molar-refractivity contribution is 9.10. The highest BCUT2D eigenvalue weighted by Crippen LogP contribution is 2.23. The maximum absolute atomic E-state index is 10.8. The van der Waals surface area contributed by atoms with Gasteiger partial charge in [-0.1, -0.05) is 15.9 Å². The van der Waals surface area contributed by atoms with E-state index in [4.69, 9.17) is 4.74 Å². The molecule has 5 nitrogen and oxygen atoms in total. The Morgan fingerprint density at radius 1 is 1.53 bits per heavy atom. The summed E-state index contributed by atoms with van der Waals surface area (Å²) in [5.41, 5.74) is 0.804. The van der Waals surface area contributed by atoms with Crippen LogP contribution in [0.2, 0.25) is 0 Å². The van der Waals surface area contributed by atoms with Gasteiger partial charge < -0.3 is 10.1 Å². The molecule has 0 radical (unpaired) electrons. The molecule has 1 rings (SSSR count). The van der Waals surface area contributed by atoms with Crippen LogP contribution in [-0.2, 0) is 11.3 Å². The summed E-state index contributed by atoms with van der Waals surface area (Å²) in [7, 11) is 0. The van der Waals surface area contributed by atoms with Gasteiger partial charge in [0.2, 0.25) is 0 Å². The number of nitro groups is 1. The van der Waals surface area contributed by atoms with E-state index in [-0.39, 0.29) is 10.6 Å². The van der Waals surface area contributed by atoms with Crippen molar-refractivity contribution in [2.75, 3.05) is 19.8 Å². The van der Waals surface area contributed by atoms with Crippen LogP contribution >= 0.6 is 15.9 Å². The van der Waals surface area contributed by atoms with E-state index in [0.29, 0.717) is 36.3 Å². The molecule has 0 unspecified atom stereocenters. The minimum absolute atomic E-state index is 0.128. The van der Waals surface area contributed by atoms with E-state index in [2.05, 4.69) is 21.2 Å². The Kier molecular flexibility index (Phi) is 6.10. The number of nitrogens with zero attached hydrogens (tertiary/aromatic N) is 1. The van der Waals surface area contributed by atoms with E-state index in [1.54, 1.807) is 12.1 Å². The van der Waals surface area contributed by atoms with Gasteiger partial charge in [-0.05, 0) is 19.1 Å². The van der Waals surface area contributed by atoms with Gasteiger partial charge in [0.25, 0.3) is 5.69 Å². The minimum atomic E-state index is -0.371. The molecule has 0 fully saturated rings. The van der Waals surface area contributed by atoms with Crippen LogP contribution < -0.4 is 5.32 Å². The molecule has 0 aliphatic heterocycles. The topological polar surface area (TPSA) is 64.4 Å². The van der Waals surface area contributed by atoms with Crippen LogP contribution in [0, 0.1) is 10.1 Å². The molecule has 0 aliphatic carbocycles. The van der Waals surface area contributed by atoms with E-state index in [1.807, 2.05) is 6.92 Å². The fourth-order valence-electron chi connectivity index (χ4n) is 1.37. The Labute approximate surface area is 108 Å². The lowest BCUT2D eigenvalue weighted by atomic mass is 10.2. The quantitative estimate of drug-likeness (QED) is 0.477. The number of benzene rings is 1. The van der Waals surface area contributed by atoms with Gasteiger partial charge in [-0.15, -0.1) is 0 Å². The summed E-state index contributed by atoms with van der Waals surface area (Å²) in [4.78, 5) is 10.5. The first-order valence-corrected chi connectivity index (χ1v) is 6.15. The number of nitrogens with one attached hydrogen (secondary N) is 1. The standard InChI is InChI=1S/C11H15BrN2O3/c1-2-17-6-5-13-8-9-3-4-10(12)7-11(9)14(15)16/h3-4,7,13H,2,5-6,8H2,1H3. The lowest BCUT2D eigenvalue weighted by Crippen LogP contribution is -2.19. The number of hydrogen-bond acceptors (Lipinski definition) is 4. The van der Waals surface area contributed by atoms with E-state index in [9.17, 15) is 10.1 Å². The first-order valence-electron chi connectivity index (χ1n) is 5.36. The van der Waals surface area contributed by atoms with Crippen molar-refractivity contribution < 1.29 is 9.66 Å². The fraction of sp³-hybridized carbons (Fsp3) is 0.455. The molecule has 0 bridgehead atoms. The smallest absolute Gasteiger partial charge is 0.275 e. The van der Waals surface area contributed by atoms with Crippen molar-refractivity contribution >= 4 is 21.6 Å². The predicted octanol–water partition coefficient (Wildman–Crippen LogP) is 2.48. The molecule has 0 atom stereocenters. The Bertz CT molecular complexity index is 385. The average Bonchev–Trinajstić information content (AvgIpc) is 2.30. The lowest BCUT2D eigenvalue weighted by molar-refractivity contribution is -0.385. The number of nitro benzene ring substituents is 1. The van der Waals surface area contributed by atoms with Gasteiger partial charge in [0.1, 0.15) is 0 Å². The van der Waals surface area contributed by atoms with Crippen LogP contribution in [0.5, 0.6) is 0 Å². The van der Waals surface area contributed by atoms with Crippen molar-refractivity contribution in [3.8, 4) is 0 Å². The molecule has 6 heteroatoms. The first-order chi connectivity index (χ1) is 8.15. The summed E-state index contributed by atoms with van der Waals surface area (Å²) in [5.74, 6) is 0. The third-order valence-corrected chi connectivity index (χ3v) is 2.68. The maximum Gasteiger partial charge on any atom is 0.275 e. The van der Waals surface area contributed by atoms with Gasteiger partial charge in [0.05, 0.1) is 11.5 Å². The van der Waals surface area contributed by atoms with Gasteiger partial charge in [-0.25, -0.2) is 0 Å². The van der Waals surface area contributed by atoms with Crippen LogP contribution in [0.1, 0.15) is 12.5 Å². The normalized spacial score (nSPS) is 10.5. The van der Waals surface area contributed by atoms with Crippen LogP contribution in [0.25, 0.3) is 0 Å². The second kappa shape index (κ2) is 7.37. The molecule has 1 aromatic rings. The summed E-state index contributed by atoms with van der Waals surface area (Å²) in [6, 6.07) is 5.06. The second-order valence-corrected chi connectivity index (χ2v) is 4.32. The third-order valence-electron chi connectivity index (χ3n) is 2.19.